The van der Waals surface area contributed by atoms with Crippen molar-refractivity contribution in [3.8, 4) is 11.1 Å². The molecule has 3 aromatic carbocycles. The number of rotatable bonds is 22. The Kier molecular flexibility index (Phi) is 17.7. The average Bonchev–Trinajstić information content (AvgIpc) is 3.94. The number of ketones is 1. The number of thiazole rings is 1. The third-order valence-electron chi connectivity index (χ3n) is 14.0. The van der Waals surface area contributed by atoms with Gasteiger partial charge < -0.3 is 25.0 Å². The number of fused-ring (bicyclic) bond motifs is 3. The van der Waals surface area contributed by atoms with Gasteiger partial charge in [0.15, 0.2) is 11.9 Å². The molecule has 1 aromatic heterocycles. The average molecular weight is 933 g/mol. The van der Waals surface area contributed by atoms with Gasteiger partial charge in [0, 0.05) is 69.1 Å². The Balaban J connectivity index is 1.14. The summed E-state index contributed by atoms with van der Waals surface area (Å²) >= 11 is 1.17. The smallest absolute Gasteiger partial charge is 0.306 e. The Bertz CT molecular complexity index is 2320. The number of carboxylic acid groups (broad SMARTS) is 1. The summed E-state index contributed by atoms with van der Waals surface area (Å²) in [6, 6.07) is 24.8. The van der Waals surface area contributed by atoms with E-state index in [9.17, 15) is 33.9 Å². The predicted molar refractivity (Wildman–Crippen MR) is 260 cm³/mol. The van der Waals surface area contributed by atoms with E-state index >= 15 is 0 Å². The van der Waals surface area contributed by atoms with Crippen LogP contribution in [0.4, 0.5) is 0 Å². The zero-order valence-corrected chi connectivity index (χ0v) is 40.9. The number of carbonyl (C=O) groups is 6. The lowest BCUT2D eigenvalue weighted by molar-refractivity contribution is -0.150. The summed E-state index contributed by atoms with van der Waals surface area (Å²) in [6.45, 7) is 11.4. The maximum Gasteiger partial charge on any atom is 0.306 e. The number of aliphatic carboxylic acids is 1. The summed E-state index contributed by atoms with van der Waals surface area (Å²) in [6.07, 6.45) is 3.83. The van der Waals surface area contributed by atoms with Crippen LogP contribution >= 0.6 is 11.3 Å². The van der Waals surface area contributed by atoms with Crippen molar-refractivity contribution in [3.63, 3.8) is 0 Å². The van der Waals surface area contributed by atoms with Gasteiger partial charge in [-0.05, 0) is 78.2 Å². The van der Waals surface area contributed by atoms with E-state index in [4.69, 9.17) is 4.74 Å². The van der Waals surface area contributed by atoms with Crippen molar-refractivity contribution in [2.45, 2.75) is 136 Å². The molecule has 1 saturated heterocycles. The molecule has 358 valence electrons. The van der Waals surface area contributed by atoms with Crippen LogP contribution in [0.3, 0.4) is 0 Å². The van der Waals surface area contributed by atoms with Crippen LogP contribution < -0.4 is 5.32 Å². The van der Waals surface area contributed by atoms with Gasteiger partial charge in [-0.25, -0.2) is 4.98 Å². The van der Waals surface area contributed by atoms with E-state index in [0.717, 1.165) is 18.4 Å². The molecule has 1 fully saturated rings. The highest BCUT2D eigenvalue weighted by Gasteiger charge is 2.40. The molecule has 0 saturated carbocycles. The summed E-state index contributed by atoms with van der Waals surface area (Å²) in [4.78, 5) is 89.4. The Morgan fingerprint density at radius 1 is 0.896 bits per heavy atom. The molecule has 4 aromatic rings. The van der Waals surface area contributed by atoms with E-state index < -0.39 is 53.9 Å². The fourth-order valence-electron chi connectivity index (χ4n) is 10.1. The van der Waals surface area contributed by atoms with Crippen molar-refractivity contribution in [1.29, 1.82) is 0 Å². The van der Waals surface area contributed by atoms with Crippen LogP contribution in [0.15, 0.2) is 84.2 Å². The number of likely N-dealkylation sites (tertiary alicyclic amines) is 1. The normalized spacial score (nSPS) is 17.3. The second kappa shape index (κ2) is 23.4. The SMILES string of the molecule is CC[C@H](C)[C@@H](CC(=O)[C@@H]1CCCCN1C(=O)CCC1c2ccccc2-c2ccccc21)C(=O)N(C)[C@H](C[C@@H](OC(C)=O)c1nc(C(=O)N[C@@H](Cc2ccccc2)C[C@H](C)C(=O)O)cs1)C(C)C. The molecule has 0 spiro atoms. The number of nitrogens with zero attached hydrogens (tertiary/aromatic N) is 3. The van der Waals surface area contributed by atoms with Crippen LogP contribution in [0, 0.1) is 23.7 Å². The molecule has 0 radical (unpaired) electrons. The first-order valence-electron chi connectivity index (χ1n) is 24.0. The van der Waals surface area contributed by atoms with Crippen LogP contribution in [-0.4, -0.2) is 87.1 Å². The van der Waals surface area contributed by atoms with Gasteiger partial charge in [0.25, 0.3) is 5.91 Å². The molecule has 6 rings (SSSR count). The number of nitrogens with one attached hydrogen (secondary N) is 1. The monoisotopic (exact) mass is 932 g/mol. The van der Waals surface area contributed by atoms with Gasteiger partial charge in [-0.1, -0.05) is 120 Å². The van der Waals surface area contributed by atoms with Crippen LogP contribution in [0.5, 0.6) is 0 Å². The first-order valence-corrected chi connectivity index (χ1v) is 24.9. The van der Waals surface area contributed by atoms with E-state index in [1.807, 2.05) is 82.3 Å². The number of Topliss-reactive ketones (excluding diaryl/α,β-unsaturated/α-hetero) is 1. The number of aromatic nitrogens is 1. The maximum atomic E-state index is 14.7. The highest BCUT2D eigenvalue weighted by Crippen LogP contribution is 2.46. The molecule has 12 nitrogen and oxygen atoms in total. The van der Waals surface area contributed by atoms with E-state index in [0.29, 0.717) is 43.7 Å². The number of esters is 1. The highest BCUT2D eigenvalue weighted by atomic mass is 32.1. The molecule has 3 amide bonds. The molecule has 2 N–H and O–H groups in total. The molecule has 2 aliphatic rings. The summed E-state index contributed by atoms with van der Waals surface area (Å²) in [5, 5.41) is 14.6. The Labute approximate surface area is 399 Å². The molecular weight excluding hydrogens is 865 g/mol. The van der Waals surface area contributed by atoms with Crippen molar-refractivity contribution in [2.24, 2.45) is 23.7 Å². The van der Waals surface area contributed by atoms with E-state index in [2.05, 4.69) is 34.6 Å². The zero-order valence-electron chi connectivity index (χ0n) is 40.1. The summed E-state index contributed by atoms with van der Waals surface area (Å²) in [7, 11) is 1.74. The molecule has 0 bridgehead atoms. The minimum Gasteiger partial charge on any atom is -0.481 e. The molecule has 67 heavy (non-hydrogen) atoms. The van der Waals surface area contributed by atoms with Crippen molar-refractivity contribution < 1.29 is 38.6 Å². The van der Waals surface area contributed by atoms with Gasteiger partial charge in [0.05, 0.1) is 12.0 Å². The summed E-state index contributed by atoms with van der Waals surface area (Å²) in [5.41, 5.74) is 5.95. The van der Waals surface area contributed by atoms with E-state index in [-0.39, 0.29) is 60.3 Å². The number of hydrogen-bond acceptors (Lipinski definition) is 9. The highest BCUT2D eigenvalue weighted by molar-refractivity contribution is 7.09. The molecule has 1 aliphatic carbocycles. The largest absolute Gasteiger partial charge is 0.481 e. The number of amides is 3. The molecule has 0 unspecified atom stereocenters. The minimum atomic E-state index is -0.954. The molecular formula is C54H68N4O8S. The fourth-order valence-corrected chi connectivity index (χ4v) is 10.9. The predicted octanol–water partition coefficient (Wildman–Crippen LogP) is 9.67. The molecule has 1 aliphatic heterocycles. The fraction of sp³-hybridized carbons (Fsp3) is 0.500. The number of piperidine rings is 1. The maximum absolute atomic E-state index is 14.7. The number of carbonyl (C=O) groups excluding carboxylic acids is 5. The Morgan fingerprint density at radius 3 is 2.15 bits per heavy atom. The van der Waals surface area contributed by atoms with Crippen molar-refractivity contribution in [2.75, 3.05) is 13.6 Å². The lowest BCUT2D eigenvalue weighted by Crippen LogP contribution is -2.50. The van der Waals surface area contributed by atoms with Crippen molar-refractivity contribution >= 4 is 46.8 Å². The van der Waals surface area contributed by atoms with Crippen LogP contribution in [0.2, 0.25) is 0 Å². The third kappa shape index (κ3) is 12.7. The molecule has 7 atom stereocenters. The zero-order chi connectivity index (χ0) is 48.4. The lowest BCUT2D eigenvalue weighted by Gasteiger charge is -2.38. The number of hydrogen-bond donors (Lipinski definition) is 2. The van der Waals surface area contributed by atoms with Crippen LogP contribution in [0.25, 0.3) is 11.1 Å². The number of carboxylic acids is 1. The van der Waals surface area contributed by atoms with E-state index in [1.165, 1.54) is 40.5 Å². The van der Waals surface area contributed by atoms with Gasteiger partial charge in [0.2, 0.25) is 11.8 Å². The van der Waals surface area contributed by atoms with Gasteiger partial charge in [-0.3, -0.25) is 28.8 Å². The van der Waals surface area contributed by atoms with E-state index in [1.54, 1.807) is 29.2 Å². The summed E-state index contributed by atoms with van der Waals surface area (Å²) in [5.74, 6) is -3.72. The van der Waals surface area contributed by atoms with Gasteiger partial charge >= 0.3 is 11.9 Å². The number of benzene rings is 3. The second-order valence-electron chi connectivity index (χ2n) is 19.0. The topological polar surface area (TPSA) is 163 Å². The third-order valence-corrected chi connectivity index (χ3v) is 14.9. The first-order chi connectivity index (χ1) is 32.1. The van der Waals surface area contributed by atoms with Gasteiger partial charge in [-0.15, -0.1) is 11.3 Å². The standard InChI is InChI=1S/C54H68N4O8S/c1-8-34(4)44(30-48(60)46-24-16-17-27-58(46)50(61)26-25-43-41-22-14-12-20-39(41)40-21-13-15-23-42(40)43)53(63)57(7)47(33(2)3)31-49(66-36(6)59)52-56-45(32-67-52)51(62)55-38(28-35(5)54(64)65)29-37-18-10-9-11-19-37/h9-15,18-23,32-35,38,43-44,46-47,49H,8,16-17,24-31H2,1-7H3,(H,55,62)(H,64,65)/t34-,35-,38+,44+,46-,47+,49+/m0/s1. The quantitative estimate of drug-likeness (QED) is 0.0731. The van der Waals surface area contributed by atoms with Gasteiger partial charge in [0.1, 0.15) is 10.7 Å². The molecule has 2 heterocycles. The molecule has 13 heteroatoms. The van der Waals surface area contributed by atoms with Gasteiger partial charge in [-0.2, -0.15) is 0 Å². The Morgan fingerprint density at radius 2 is 1.54 bits per heavy atom. The minimum absolute atomic E-state index is 0.00958. The van der Waals surface area contributed by atoms with Crippen LogP contribution in [-0.2, 0) is 35.1 Å². The number of ether oxygens (including phenoxy) is 1. The Hall–Kier alpha value is -5.69. The lowest BCUT2D eigenvalue weighted by atomic mass is 9.82. The summed E-state index contributed by atoms with van der Waals surface area (Å²) < 4.78 is 5.86. The van der Waals surface area contributed by atoms with Crippen molar-refractivity contribution in [3.05, 3.63) is 112 Å². The first kappa shape index (κ1) is 50.7. The second-order valence-corrected chi connectivity index (χ2v) is 19.9. The van der Waals surface area contributed by atoms with Crippen LogP contribution in [0.1, 0.15) is 144 Å². The van der Waals surface area contributed by atoms with Crippen molar-refractivity contribution in [1.82, 2.24) is 20.1 Å².